The molecule has 1 fully saturated rings. The number of amides is 2. The van der Waals surface area contributed by atoms with Crippen molar-refractivity contribution in [3.05, 3.63) is 76.7 Å². The maximum Gasteiger partial charge on any atom is 0.341 e. The number of rotatable bonds is 7. The molecule has 7 nitrogen and oxygen atoms in total. The molecule has 1 aliphatic heterocycles. The summed E-state index contributed by atoms with van der Waals surface area (Å²) < 4.78 is 5.28. The lowest BCUT2D eigenvalue weighted by Crippen LogP contribution is -2.50. The molecule has 1 aromatic heterocycles. The average Bonchev–Trinajstić information content (AvgIpc) is 3.28. The number of carbonyl (C=O) groups is 3. The lowest BCUT2D eigenvalue weighted by Gasteiger charge is -2.34. The van der Waals surface area contributed by atoms with Gasteiger partial charge in [0.25, 0.3) is 5.91 Å². The quantitative estimate of drug-likeness (QED) is 0.499. The fourth-order valence-corrected chi connectivity index (χ4v) is 5.02. The SMILES string of the molecule is CCOC(=O)c1c(-c2ccc(C)cc2)csc1NC(=O)CN1CCN(C(=O)c2ccccc2)CC1. The Kier molecular flexibility index (Phi) is 7.94. The van der Waals surface area contributed by atoms with Gasteiger partial charge in [-0.15, -0.1) is 11.3 Å². The number of nitrogens with zero attached hydrogens (tertiary/aromatic N) is 2. The predicted molar refractivity (Wildman–Crippen MR) is 138 cm³/mol. The highest BCUT2D eigenvalue weighted by Crippen LogP contribution is 2.36. The molecule has 0 saturated carbocycles. The van der Waals surface area contributed by atoms with Crippen LogP contribution in [0.2, 0.25) is 0 Å². The third-order valence-electron chi connectivity index (χ3n) is 5.93. The highest BCUT2D eigenvalue weighted by atomic mass is 32.1. The van der Waals surface area contributed by atoms with E-state index in [0.717, 1.165) is 16.7 Å². The van der Waals surface area contributed by atoms with E-state index in [9.17, 15) is 14.4 Å². The van der Waals surface area contributed by atoms with Crippen LogP contribution >= 0.6 is 11.3 Å². The van der Waals surface area contributed by atoms with Crippen LogP contribution in [0.3, 0.4) is 0 Å². The van der Waals surface area contributed by atoms with Crippen molar-refractivity contribution in [2.45, 2.75) is 13.8 Å². The molecule has 1 N–H and O–H groups in total. The zero-order valence-corrected chi connectivity index (χ0v) is 20.8. The van der Waals surface area contributed by atoms with Crippen LogP contribution in [-0.2, 0) is 9.53 Å². The van der Waals surface area contributed by atoms with Crippen LogP contribution in [0.15, 0.2) is 60.0 Å². The average molecular weight is 492 g/mol. The molecule has 0 unspecified atom stereocenters. The second-order valence-electron chi connectivity index (χ2n) is 8.42. The topological polar surface area (TPSA) is 79.0 Å². The van der Waals surface area contributed by atoms with Crippen LogP contribution in [0.5, 0.6) is 0 Å². The van der Waals surface area contributed by atoms with Crippen molar-refractivity contribution in [2.75, 3.05) is 44.6 Å². The summed E-state index contributed by atoms with van der Waals surface area (Å²) in [5, 5.41) is 5.28. The van der Waals surface area contributed by atoms with E-state index in [0.29, 0.717) is 42.3 Å². The molecule has 0 atom stereocenters. The summed E-state index contributed by atoms with van der Waals surface area (Å²) in [7, 11) is 0. The van der Waals surface area contributed by atoms with E-state index in [2.05, 4.69) is 5.32 Å². The van der Waals surface area contributed by atoms with Crippen LogP contribution in [0, 0.1) is 6.92 Å². The molecule has 35 heavy (non-hydrogen) atoms. The lowest BCUT2D eigenvalue weighted by molar-refractivity contribution is -0.117. The molecule has 1 aliphatic rings. The Hall–Kier alpha value is -3.49. The molecule has 8 heteroatoms. The van der Waals surface area contributed by atoms with Gasteiger partial charge in [0, 0.05) is 42.7 Å². The Labute approximate surface area is 209 Å². The third-order valence-corrected chi connectivity index (χ3v) is 6.83. The molecule has 0 radical (unpaired) electrons. The van der Waals surface area contributed by atoms with Gasteiger partial charge in [0.2, 0.25) is 5.91 Å². The van der Waals surface area contributed by atoms with Gasteiger partial charge in [0.1, 0.15) is 10.6 Å². The zero-order valence-electron chi connectivity index (χ0n) is 20.0. The number of hydrogen-bond acceptors (Lipinski definition) is 6. The van der Waals surface area contributed by atoms with E-state index in [1.165, 1.54) is 11.3 Å². The Morgan fingerprint density at radius 3 is 2.31 bits per heavy atom. The largest absolute Gasteiger partial charge is 0.462 e. The first-order valence-electron chi connectivity index (χ1n) is 11.7. The van der Waals surface area contributed by atoms with E-state index in [1.54, 1.807) is 6.92 Å². The number of carbonyl (C=O) groups excluding carboxylic acids is 3. The minimum atomic E-state index is -0.451. The number of thiophene rings is 1. The molecule has 2 amide bonds. The fourth-order valence-electron chi connectivity index (χ4n) is 4.04. The summed E-state index contributed by atoms with van der Waals surface area (Å²) in [4.78, 5) is 42.1. The minimum Gasteiger partial charge on any atom is -0.462 e. The van der Waals surface area contributed by atoms with Gasteiger partial charge in [0.05, 0.1) is 13.2 Å². The molecule has 3 aromatic rings. The van der Waals surface area contributed by atoms with Crippen LogP contribution in [-0.4, -0.2) is 66.9 Å². The first kappa shape index (κ1) is 24.6. The number of esters is 1. The maximum absolute atomic E-state index is 12.9. The summed E-state index contributed by atoms with van der Waals surface area (Å²) >= 11 is 1.32. The van der Waals surface area contributed by atoms with Gasteiger partial charge in [-0.05, 0) is 31.5 Å². The Bertz CT molecular complexity index is 1180. The Balaban J connectivity index is 1.39. The van der Waals surface area contributed by atoms with Crippen molar-refractivity contribution in [1.82, 2.24) is 9.80 Å². The van der Waals surface area contributed by atoms with E-state index >= 15 is 0 Å². The number of piperazine rings is 1. The van der Waals surface area contributed by atoms with Gasteiger partial charge in [0.15, 0.2) is 0 Å². The molecule has 2 aromatic carbocycles. The normalized spacial score (nSPS) is 13.9. The molecule has 4 rings (SSSR count). The standard InChI is InChI=1S/C27H29N3O4S/c1-3-34-27(33)24-22(20-11-9-19(2)10-12-20)18-35-25(24)28-23(31)17-29-13-15-30(16-14-29)26(32)21-7-5-4-6-8-21/h4-12,18H,3,13-17H2,1-2H3,(H,28,31). The third kappa shape index (κ3) is 5.96. The van der Waals surface area contributed by atoms with E-state index < -0.39 is 5.97 Å². The molecular weight excluding hydrogens is 462 g/mol. The van der Waals surface area contributed by atoms with Gasteiger partial charge in [-0.3, -0.25) is 14.5 Å². The summed E-state index contributed by atoms with van der Waals surface area (Å²) in [6.45, 7) is 6.54. The molecule has 0 aliphatic carbocycles. The molecular formula is C27H29N3O4S. The fraction of sp³-hybridized carbons (Fsp3) is 0.296. The van der Waals surface area contributed by atoms with Crippen LogP contribution < -0.4 is 5.32 Å². The second-order valence-corrected chi connectivity index (χ2v) is 9.30. The lowest BCUT2D eigenvalue weighted by atomic mass is 10.0. The van der Waals surface area contributed by atoms with Crippen molar-refractivity contribution >= 4 is 34.1 Å². The van der Waals surface area contributed by atoms with Crippen molar-refractivity contribution in [1.29, 1.82) is 0 Å². The van der Waals surface area contributed by atoms with Crippen molar-refractivity contribution in [3.8, 4) is 11.1 Å². The number of aryl methyl sites for hydroxylation is 1. The highest BCUT2D eigenvalue weighted by molar-refractivity contribution is 7.15. The van der Waals surface area contributed by atoms with Gasteiger partial charge in [-0.25, -0.2) is 4.79 Å². The van der Waals surface area contributed by atoms with E-state index in [4.69, 9.17) is 4.74 Å². The molecule has 1 saturated heterocycles. The van der Waals surface area contributed by atoms with Gasteiger partial charge in [-0.2, -0.15) is 0 Å². The van der Waals surface area contributed by atoms with Crippen LogP contribution in [0.25, 0.3) is 11.1 Å². The van der Waals surface area contributed by atoms with Crippen molar-refractivity contribution in [2.24, 2.45) is 0 Å². The number of nitrogens with one attached hydrogen (secondary N) is 1. The number of hydrogen-bond donors (Lipinski definition) is 1. The summed E-state index contributed by atoms with van der Waals surface area (Å²) in [5.41, 5.74) is 3.83. The molecule has 2 heterocycles. The molecule has 0 spiro atoms. The first-order chi connectivity index (χ1) is 17.0. The van der Waals surface area contributed by atoms with Crippen LogP contribution in [0.4, 0.5) is 5.00 Å². The molecule has 0 bridgehead atoms. The van der Waals surface area contributed by atoms with Crippen LogP contribution in [0.1, 0.15) is 33.2 Å². The predicted octanol–water partition coefficient (Wildman–Crippen LogP) is 4.30. The Morgan fingerprint density at radius 2 is 1.66 bits per heavy atom. The monoisotopic (exact) mass is 491 g/mol. The van der Waals surface area contributed by atoms with Crippen molar-refractivity contribution < 1.29 is 19.1 Å². The van der Waals surface area contributed by atoms with Gasteiger partial charge in [-0.1, -0.05) is 48.0 Å². The van der Waals surface area contributed by atoms with Gasteiger partial charge >= 0.3 is 5.97 Å². The number of ether oxygens (including phenoxy) is 1. The number of benzene rings is 2. The maximum atomic E-state index is 12.9. The highest BCUT2D eigenvalue weighted by Gasteiger charge is 2.26. The van der Waals surface area contributed by atoms with Gasteiger partial charge < -0.3 is 15.0 Å². The first-order valence-corrected chi connectivity index (χ1v) is 12.6. The minimum absolute atomic E-state index is 0.0102. The summed E-state index contributed by atoms with van der Waals surface area (Å²) in [5.74, 6) is -0.639. The summed E-state index contributed by atoms with van der Waals surface area (Å²) in [6.07, 6.45) is 0. The second kappa shape index (κ2) is 11.3. The smallest absolute Gasteiger partial charge is 0.341 e. The Morgan fingerprint density at radius 1 is 0.971 bits per heavy atom. The van der Waals surface area contributed by atoms with E-state index in [-0.39, 0.29) is 25.0 Å². The summed E-state index contributed by atoms with van der Waals surface area (Å²) in [6, 6.07) is 17.1. The molecule has 182 valence electrons. The number of anilines is 1. The van der Waals surface area contributed by atoms with E-state index in [1.807, 2.05) is 76.7 Å². The van der Waals surface area contributed by atoms with Crippen molar-refractivity contribution in [3.63, 3.8) is 0 Å². The zero-order chi connectivity index (χ0) is 24.8.